The molecule has 0 unspecified atom stereocenters. The predicted molar refractivity (Wildman–Crippen MR) is 110 cm³/mol. The Bertz CT molecular complexity index is 1070. The van der Waals surface area contributed by atoms with Crippen molar-refractivity contribution < 1.29 is 4.79 Å². The first-order valence-electron chi connectivity index (χ1n) is 9.99. The molecule has 5 heteroatoms. The number of rotatable bonds is 5. The van der Waals surface area contributed by atoms with E-state index in [-0.39, 0.29) is 23.9 Å². The number of nitrogens with one attached hydrogen (secondary N) is 2. The summed E-state index contributed by atoms with van der Waals surface area (Å²) in [7, 11) is 0. The van der Waals surface area contributed by atoms with Crippen LogP contribution in [0.5, 0.6) is 0 Å². The lowest BCUT2D eigenvalue weighted by atomic mass is 9.89. The Morgan fingerprint density at radius 3 is 2.79 bits per heavy atom. The van der Waals surface area contributed by atoms with E-state index in [4.69, 9.17) is 0 Å². The van der Waals surface area contributed by atoms with Gasteiger partial charge < -0.3 is 10.3 Å². The molecule has 1 aromatic heterocycles. The smallest absolute Gasteiger partial charge is 0.258 e. The van der Waals surface area contributed by atoms with Gasteiger partial charge in [0.25, 0.3) is 5.56 Å². The van der Waals surface area contributed by atoms with Crippen LogP contribution in [0.1, 0.15) is 54.7 Å². The van der Waals surface area contributed by atoms with Crippen LogP contribution in [-0.4, -0.2) is 15.9 Å². The maximum absolute atomic E-state index is 12.4. The van der Waals surface area contributed by atoms with Crippen LogP contribution >= 0.6 is 0 Å². The minimum atomic E-state index is -0.163. The number of aromatic nitrogens is 2. The van der Waals surface area contributed by atoms with E-state index in [0.29, 0.717) is 23.1 Å². The number of amides is 1. The number of hydrogen-bond acceptors (Lipinski definition) is 3. The normalized spacial score (nSPS) is 14.5. The van der Waals surface area contributed by atoms with Crippen LogP contribution in [0.25, 0.3) is 10.9 Å². The summed E-state index contributed by atoms with van der Waals surface area (Å²) in [6.07, 6.45) is 5.50. The van der Waals surface area contributed by atoms with Crippen LogP contribution < -0.4 is 10.9 Å². The van der Waals surface area contributed by atoms with E-state index >= 15 is 0 Å². The summed E-state index contributed by atoms with van der Waals surface area (Å²) in [6.45, 7) is 2.01. The number of para-hydroxylation sites is 1. The number of aryl methyl sites for hydroxylation is 3. The summed E-state index contributed by atoms with van der Waals surface area (Å²) < 4.78 is 0. The third kappa shape index (κ3) is 3.98. The van der Waals surface area contributed by atoms with Gasteiger partial charge in [-0.15, -0.1) is 0 Å². The fourth-order valence-electron chi connectivity index (χ4n) is 3.90. The Morgan fingerprint density at radius 1 is 1.14 bits per heavy atom. The molecule has 0 radical (unpaired) electrons. The van der Waals surface area contributed by atoms with Crippen LogP contribution in [0.3, 0.4) is 0 Å². The number of carbonyl (C=O) groups is 1. The number of H-pyrrole nitrogens is 1. The van der Waals surface area contributed by atoms with E-state index < -0.39 is 0 Å². The summed E-state index contributed by atoms with van der Waals surface area (Å²) in [5.74, 6) is 0.501. The lowest BCUT2D eigenvalue weighted by Gasteiger charge is -2.20. The minimum Gasteiger partial charge on any atom is -0.350 e. The highest BCUT2D eigenvalue weighted by atomic mass is 16.1. The SMILES string of the molecule is C[C@@H](NC(=O)CCc1nc2ccccc2c(=O)[nH]1)c1ccc2c(c1)CCCC2. The van der Waals surface area contributed by atoms with Gasteiger partial charge in [-0.25, -0.2) is 4.98 Å². The Balaban J connectivity index is 1.38. The molecule has 0 saturated heterocycles. The average molecular weight is 375 g/mol. The third-order valence-corrected chi connectivity index (χ3v) is 5.50. The van der Waals surface area contributed by atoms with Crippen LogP contribution in [0.2, 0.25) is 0 Å². The standard InChI is InChI=1S/C23H25N3O2/c1-15(17-11-10-16-6-2-3-7-18(16)14-17)24-22(27)13-12-21-25-20-9-5-4-8-19(20)23(28)26-21/h4-5,8-11,14-15H,2-3,6-7,12-13H2,1H3,(H,24,27)(H,25,26,28)/t15-/m1/s1. The highest BCUT2D eigenvalue weighted by molar-refractivity contribution is 5.78. The summed E-state index contributed by atoms with van der Waals surface area (Å²) in [4.78, 5) is 31.8. The molecule has 2 aromatic carbocycles. The van der Waals surface area contributed by atoms with E-state index in [2.05, 4.69) is 33.5 Å². The number of aromatic amines is 1. The largest absolute Gasteiger partial charge is 0.350 e. The molecule has 0 aliphatic heterocycles. The first-order chi connectivity index (χ1) is 13.6. The van der Waals surface area contributed by atoms with Gasteiger partial charge in [-0.3, -0.25) is 9.59 Å². The van der Waals surface area contributed by atoms with Gasteiger partial charge in [-0.2, -0.15) is 0 Å². The number of hydrogen-bond donors (Lipinski definition) is 2. The van der Waals surface area contributed by atoms with Crippen molar-refractivity contribution in [2.45, 2.75) is 51.5 Å². The second-order valence-electron chi connectivity index (χ2n) is 7.55. The van der Waals surface area contributed by atoms with Crippen molar-refractivity contribution in [3.8, 4) is 0 Å². The molecule has 1 atom stereocenters. The lowest BCUT2D eigenvalue weighted by Crippen LogP contribution is -2.27. The zero-order valence-corrected chi connectivity index (χ0v) is 16.1. The molecule has 0 fully saturated rings. The van der Waals surface area contributed by atoms with Crippen molar-refractivity contribution in [1.82, 2.24) is 15.3 Å². The molecule has 3 aromatic rings. The van der Waals surface area contributed by atoms with Gasteiger partial charge in [-0.1, -0.05) is 30.3 Å². The Labute approximate surface area is 164 Å². The van der Waals surface area contributed by atoms with E-state index in [1.54, 1.807) is 6.07 Å². The first-order valence-corrected chi connectivity index (χ1v) is 9.99. The molecular formula is C23H25N3O2. The van der Waals surface area contributed by atoms with Gasteiger partial charge in [0.1, 0.15) is 5.82 Å². The van der Waals surface area contributed by atoms with Crippen molar-refractivity contribution in [3.05, 3.63) is 75.3 Å². The van der Waals surface area contributed by atoms with E-state index in [1.165, 1.54) is 24.0 Å². The predicted octanol–water partition coefficient (Wildman–Crippen LogP) is 3.61. The molecule has 0 bridgehead atoms. The van der Waals surface area contributed by atoms with Gasteiger partial charge in [0.05, 0.1) is 16.9 Å². The van der Waals surface area contributed by atoms with Crippen molar-refractivity contribution in [1.29, 1.82) is 0 Å². The first kappa shape index (κ1) is 18.4. The summed E-state index contributed by atoms with van der Waals surface area (Å²) >= 11 is 0. The third-order valence-electron chi connectivity index (χ3n) is 5.50. The zero-order chi connectivity index (χ0) is 19.5. The molecule has 1 aliphatic carbocycles. The molecule has 1 heterocycles. The summed E-state index contributed by atoms with van der Waals surface area (Å²) in [5.41, 5.74) is 4.50. The molecular weight excluding hydrogens is 350 g/mol. The summed E-state index contributed by atoms with van der Waals surface area (Å²) in [5, 5.41) is 3.63. The zero-order valence-electron chi connectivity index (χ0n) is 16.1. The van der Waals surface area contributed by atoms with Gasteiger partial charge in [0.15, 0.2) is 0 Å². The highest BCUT2D eigenvalue weighted by Crippen LogP contribution is 2.24. The van der Waals surface area contributed by atoms with Crippen molar-refractivity contribution in [3.63, 3.8) is 0 Å². The highest BCUT2D eigenvalue weighted by Gasteiger charge is 2.14. The molecule has 5 nitrogen and oxygen atoms in total. The van der Waals surface area contributed by atoms with Gasteiger partial charge in [-0.05, 0) is 61.4 Å². The monoisotopic (exact) mass is 375 g/mol. The van der Waals surface area contributed by atoms with E-state index in [9.17, 15) is 9.59 Å². The molecule has 1 amide bonds. The molecule has 0 saturated carbocycles. The van der Waals surface area contributed by atoms with Crippen molar-refractivity contribution >= 4 is 16.8 Å². The number of benzene rings is 2. The number of nitrogens with zero attached hydrogens (tertiary/aromatic N) is 1. The molecule has 1 aliphatic rings. The van der Waals surface area contributed by atoms with Gasteiger partial charge in [0, 0.05) is 12.8 Å². The van der Waals surface area contributed by atoms with Crippen molar-refractivity contribution in [2.24, 2.45) is 0 Å². The minimum absolute atomic E-state index is 0.0386. The quantitative estimate of drug-likeness (QED) is 0.715. The Kier molecular flexibility index (Phi) is 5.24. The maximum Gasteiger partial charge on any atom is 0.258 e. The van der Waals surface area contributed by atoms with Gasteiger partial charge >= 0.3 is 0 Å². The van der Waals surface area contributed by atoms with Crippen molar-refractivity contribution in [2.75, 3.05) is 0 Å². The van der Waals surface area contributed by atoms with E-state index in [0.717, 1.165) is 18.4 Å². The van der Waals surface area contributed by atoms with Gasteiger partial charge in [0.2, 0.25) is 5.91 Å². The van der Waals surface area contributed by atoms with E-state index in [1.807, 2.05) is 25.1 Å². The Morgan fingerprint density at radius 2 is 1.93 bits per heavy atom. The molecule has 28 heavy (non-hydrogen) atoms. The molecule has 4 rings (SSSR count). The lowest BCUT2D eigenvalue weighted by molar-refractivity contribution is -0.121. The van der Waals surface area contributed by atoms with Crippen LogP contribution in [0.15, 0.2) is 47.3 Å². The molecule has 0 spiro atoms. The Hall–Kier alpha value is -2.95. The van der Waals surface area contributed by atoms with Crippen LogP contribution in [0.4, 0.5) is 0 Å². The maximum atomic E-state index is 12.4. The fourth-order valence-corrected chi connectivity index (χ4v) is 3.90. The van der Waals surface area contributed by atoms with Crippen LogP contribution in [-0.2, 0) is 24.1 Å². The fraction of sp³-hybridized carbons (Fsp3) is 0.348. The van der Waals surface area contributed by atoms with Crippen LogP contribution in [0, 0.1) is 0 Å². The second-order valence-corrected chi connectivity index (χ2v) is 7.55. The number of fused-ring (bicyclic) bond motifs is 2. The number of carbonyl (C=O) groups excluding carboxylic acids is 1. The summed E-state index contributed by atoms with van der Waals surface area (Å²) in [6, 6.07) is 13.8. The topological polar surface area (TPSA) is 74.8 Å². The average Bonchev–Trinajstić information content (AvgIpc) is 2.72. The molecule has 144 valence electrons. The second kappa shape index (κ2) is 7.97. The molecule has 2 N–H and O–H groups in total.